The Morgan fingerprint density at radius 3 is 2.87 bits per heavy atom. The van der Waals surface area contributed by atoms with Crippen molar-refractivity contribution in [3.05, 3.63) is 16.9 Å². The van der Waals surface area contributed by atoms with Gasteiger partial charge in [0.2, 0.25) is 0 Å². The van der Waals surface area contributed by atoms with Crippen molar-refractivity contribution >= 4 is 17.5 Å². The lowest BCUT2D eigenvalue weighted by Crippen LogP contribution is -2.54. The quantitative estimate of drug-likeness (QED) is 0.912. The molecule has 128 valence electrons. The molecule has 1 amide bonds. The molecule has 7 heteroatoms. The van der Waals surface area contributed by atoms with Gasteiger partial charge in [0, 0.05) is 26.3 Å². The second kappa shape index (κ2) is 6.79. The molecule has 3 heterocycles. The lowest BCUT2D eigenvalue weighted by Gasteiger charge is -2.48. The molecule has 1 aromatic rings. The van der Waals surface area contributed by atoms with Gasteiger partial charge in [-0.15, -0.1) is 0 Å². The molecule has 1 unspecified atom stereocenters. The lowest BCUT2D eigenvalue weighted by atomic mass is 9.72. The van der Waals surface area contributed by atoms with Crippen molar-refractivity contribution in [1.29, 1.82) is 0 Å². The van der Waals surface area contributed by atoms with E-state index in [1.807, 2.05) is 11.8 Å². The Morgan fingerprint density at radius 2 is 2.22 bits per heavy atom. The van der Waals surface area contributed by atoms with Gasteiger partial charge in [-0.05, 0) is 38.0 Å². The summed E-state index contributed by atoms with van der Waals surface area (Å²) < 4.78 is 7.12. The molecule has 2 fully saturated rings. The minimum Gasteiger partial charge on any atom is -0.394 e. The summed E-state index contributed by atoms with van der Waals surface area (Å²) in [5.74, 6) is -0.126. The smallest absolute Gasteiger partial charge is 0.274 e. The van der Waals surface area contributed by atoms with Crippen molar-refractivity contribution in [1.82, 2.24) is 14.7 Å². The summed E-state index contributed by atoms with van der Waals surface area (Å²) in [6.45, 7) is 4.66. The number of nitrogens with zero attached hydrogens (tertiary/aromatic N) is 3. The van der Waals surface area contributed by atoms with Gasteiger partial charge < -0.3 is 14.7 Å². The second-order valence-electron chi connectivity index (χ2n) is 6.58. The highest BCUT2D eigenvalue weighted by Gasteiger charge is 2.43. The van der Waals surface area contributed by atoms with E-state index >= 15 is 0 Å². The molecule has 0 aliphatic carbocycles. The maximum atomic E-state index is 13.1. The number of carbonyl (C=O) groups is 1. The number of halogens is 1. The number of rotatable bonds is 3. The number of hydrogen-bond acceptors (Lipinski definition) is 4. The maximum Gasteiger partial charge on any atom is 0.274 e. The molecule has 2 saturated heterocycles. The first-order valence-electron chi connectivity index (χ1n) is 8.31. The minimum atomic E-state index is -0.146. The summed E-state index contributed by atoms with van der Waals surface area (Å²) in [5, 5.41) is 14.3. The zero-order valence-electron chi connectivity index (χ0n) is 13.5. The van der Waals surface area contributed by atoms with E-state index in [1.165, 1.54) is 6.20 Å². The van der Waals surface area contributed by atoms with Crippen LogP contribution in [0.25, 0.3) is 0 Å². The average Bonchev–Trinajstić information content (AvgIpc) is 2.95. The van der Waals surface area contributed by atoms with Crippen LogP contribution in [-0.4, -0.2) is 58.1 Å². The topological polar surface area (TPSA) is 67.6 Å². The summed E-state index contributed by atoms with van der Waals surface area (Å²) in [6, 6.07) is -0.146. The third kappa shape index (κ3) is 3.12. The first kappa shape index (κ1) is 16.7. The molecular weight excluding hydrogens is 318 g/mol. The lowest BCUT2D eigenvalue weighted by molar-refractivity contribution is -0.0438. The summed E-state index contributed by atoms with van der Waals surface area (Å²) >= 11 is 6.19. The number of aliphatic hydroxyl groups excluding tert-OH is 1. The molecule has 0 radical (unpaired) electrons. The first-order valence-corrected chi connectivity index (χ1v) is 8.69. The summed E-state index contributed by atoms with van der Waals surface area (Å²) in [5.41, 5.74) is 0.542. The predicted molar refractivity (Wildman–Crippen MR) is 86.5 cm³/mol. The van der Waals surface area contributed by atoms with Gasteiger partial charge in [0.15, 0.2) is 0 Å². The van der Waals surface area contributed by atoms with Crippen molar-refractivity contribution in [3.63, 3.8) is 0 Å². The summed E-state index contributed by atoms with van der Waals surface area (Å²) in [7, 11) is 0. The minimum absolute atomic E-state index is 0.0177. The van der Waals surface area contributed by atoms with Crippen LogP contribution in [-0.2, 0) is 11.3 Å². The van der Waals surface area contributed by atoms with Crippen LogP contribution >= 0.6 is 11.6 Å². The maximum absolute atomic E-state index is 13.1. The standard InChI is InChI=1S/C16H24ClN3O3/c1-2-20-14(13(17)9-18-20)15(22)19-11-16(4-3-12(19)10-21)5-7-23-8-6-16/h9,12,21H,2-8,10-11H2,1H3. The van der Waals surface area contributed by atoms with Crippen molar-refractivity contribution in [2.24, 2.45) is 5.41 Å². The fourth-order valence-electron chi connectivity index (χ4n) is 3.79. The Labute approximate surface area is 141 Å². The largest absolute Gasteiger partial charge is 0.394 e. The van der Waals surface area contributed by atoms with Crippen molar-refractivity contribution in [3.8, 4) is 0 Å². The molecule has 6 nitrogen and oxygen atoms in total. The highest BCUT2D eigenvalue weighted by atomic mass is 35.5. The molecule has 0 saturated carbocycles. The van der Waals surface area contributed by atoms with Gasteiger partial charge in [-0.3, -0.25) is 9.48 Å². The van der Waals surface area contributed by atoms with Crippen LogP contribution in [0.4, 0.5) is 0 Å². The van der Waals surface area contributed by atoms with Gasteiger partial charge in [-0.1, -0.05) is 11.6 Å². The SMILES string of the molecule is CCn1ncc(Cl)c1C(=O)N1CC2(CCOCC2)CCC1CO. The molecule has 1 N–H and O–H groups in total. The van der Waals surface area contributed by atoms with Crippen LogP contribution in [0.5, 0.6) is 0 Å². The van der Waals surface area contributed by atoms with Crippen LogP contribution in [0.15, 0.2) is 6.20 Å². The first-order chi connectivity index (χ1) is 11.1. The van der Waals surface area contributed by atoms with Gasteiger partial charge in [0.1, 0.15) is 5.69 Å². The molecule has 2 aliphatic rings. The molecule has 0 bridgehead atoms. The van der Waals surface area contributed by atoms with Gasteiger partial charge >= 0.3 is 0 Å². The van der Waals surface area contributed by atoms with Crippen LogP contribution in [0, 0.1) is 5.41 Å². The predicted octanol–water partition coefficient (Wildman–Crippen LogP) is 1.95. The van der Waals surface area contributed by atoms with E-state index in [0.29, 0.717) is 23.8 Å². The van der Waals surface area contributed by atoms with Crippen LogP contribution in [0.3, 0.4) is 0 Å². The number of hydrogen-bond donors (Lipinski definition) is 1. The normalized spacial score (nSPS) is 24.1. The number of piperidine rings is 1. The number of aromatic nitrogens is 2. The summed E-state index contributed by atoms with van der Waals surface area (Å²) in [6.07, 6.45) is 5.30. The van der Waals surface area contributed by atoms with E-state index < -0.39 is 0 Å². The van der Waals surface area contributed by atoms with Crippen LogP contribution < -0.4 is 0 Å². The van der Waals surface area contributed by atoms with E-state index in [4.69, 9.17) is 16.3 Å². The number of carbonyl (C=O) groups excluding carboxylic acids is 1. The van der Waals surface area contributed by atoms with Gasteiger partial charge in [0.25, 0.3) is 5.91 Å². The van der Waals surface area contributed by atoms with E-state index in [9.17, 15) is 9.90 Å². The average molecular weight is 342 g/mol. The molecule has 1 atom stereocenters. The van der Waals surface area contributed by atoms with Gasteiger partial charge in [0.05, 0.1) is 23.9 Å². The fraction of sp³-hybridized carbons (Fsp3) is 0.750. The Balaban J connectivity index is 1.87. The zero-order valence-corrected chi connectivity index (χ0v) is 14.3. The number of ether oxygens (including phenoxy) is 1. The van der Waals surface area contributed by atoms with Crippen LogP contribution in [0.1, 0.15) is 43.1 Å². The fourth-order valence-corrected chi connectivity index (χ4v) is 4.01. The Bertz CT molecular complexity index is 569. The summed E-state index contributed by atoms with van der Waals surface area (Å²) in [4.78, 5) is 14.9. The molecule has 23 heavy (non-hydrogen) atoms. The third-order valence-electron chi connectivity index (χ3n) is 5.28. The van der Waals surface area contributed by atoms with E-state index in [1.54, 1.807) is 4.68 Å². The Kier molecular flexibility index (Phi) is 4.94. The Morgan fingerprint density at radius 1 is 1.48 bits per heavy atom. The third-order valence-corrected chi connectivity index (χ3v) is 5.55. The molecule has 2 aliphatic heterocycles. The highest BCUT2D eigenvalue weighted by Crippen LogP contribution is 2.41. The van der Waals surface area contributed by atoms with Gasteiger partial charge in [-0.25, -0.2) is 0 Å². The van der Waals surface area contributed by atoms with E-state index in [0.717, 1.165) is 38.9 Å². The van der Waals surface area contributed by atoms with Crippen molar-refractivity contribution < 1.29 is 14.6 Å². The second-order valence-corrected chi connectivity index (χ2v) is 6.98. The van der Waals surface area contributed by atoms with E-state index in [-0.39, 0.29) is 24.0 Å². The number of aliphatic hydroxyl groups is 1. The zero-order chi connectivity index (χ0) is 16.4. The molecule has 1 aromatic heterocycles. The number of aryl methyl sites for hydroxylation is 1. The molecular formula is C16H24ClN3O3. The molecule has 0 aromatic carbocycles. The number of amides is 1. The molecule has 3 rings (SSSR count). The highest BCUT2D eigenvalue weighted by molar-refractivity contribution is 6.33. The molecule has 1 spiro atoms. The van der Waals surface area contributed by atoms with Crippen molar-refractivity contribution in [2.75, 3.05) is 26.4 Å². The number of likely N-dealkylation sites (tertiary alicyclic amines) is 1. The van der Waals surface area contributed by atoms with E-state index in [2.05, 4.69) is 5.10 Å². The van der Waals surface area contributed by atoms with Crippen molar-refractivity contribution in [2.45, 2.75) is 45.2 Å². The monoisotopic (exact) mass is 341 g/mol. The van der Waals surface area contributed by atoms with Gasteiger partial charge in [-0.2, -0.15) is 5.10 Å². The Hall–Kier alpha value is -1.11. The van der Waals surface area contributed by atoms with Crippen LogP contribution in [0.2, 0.25) is 5.02 Å².